The number of aliphatic hydroxyl groups is 1. The molecule has 0 aliphatic heterocycles. The first-order valence-electron chi connectivity index (χ1n) is 6.09. The number of aliphatic hydroxyl groups excluding tert-OH is 1. The van der Waals surface area contributed by atoms with Crippen LogP contribution in [-0.2, 0) is 6.54 Å². The van der Waals surface area contributed by atoms with Crippen LogP contribution in [0.25, 0.3) is 0 Å². The van der Waals surface area contributed by atoms with Gasteiger partial charge in [-0.15, -0.1) is 0 Å². The van der Waals surface area contributed by atoms with Crippen molar-refractivity contribution in [2.45, 2.75) is 40.3 Å². The van der Waals surface area contributed by atoms with Gasteiger partial charge < -0.3 is 15.5 Å². The van der Waals surface area contributed by atoms with Crippen molar-refractivity contribution in [1.82, 2.24) is 5.32 Å². The number of aryl methyl sites for hydroxylation is 2. The molecule has 3 nitrogen and oxygen atoms in total. The minimum atomic E-state index is 0.196. The maximum absolute atomic E-state index is 9.68. The zero-order valence-electron chi connectivity index (χ0n) is 11.1. The SMILES string of the molecule is Cc1cc(CNC(C)C(C)CO)cc(C)c1O. The van der Waals surface area contributed by atoms with E-state index in [9.17, 15) is 5.11 Å². The monoisotopic (exact) mass is 237 g/mol. The fraction of sp³-hybridized carbons (Fsp3) is 0.571. The second-order valence-electron chi connectivity index (χ2n) is 4.91. The lowest BCUT2D eigenvalue weighted by Gasteiger charge is -2.19. The van der Waals surface area contributed by atoms with Crippen LogP contribution in [0.1, 0.15) is 30.5 Å². The standard InChI is InChI=1S/C14H23NO2/c1-9-5-13(6-10(2)14(9)17)7-15-12(4)11(3)8-16/h5-6,11-12,15-17H,7-8H2,1-4H3. The Kier molecular flexibility index (Phi) is 4.97. The second kappa shape index (κ2) is 6.03. The minimum absolute atomic E-state index is 0.196. The number of hydrogen-bond acceptors (Lipinski definition) is 3. The zero-order chi connectivity index (χ0) is 13.0. The molecule has 0 amide bonds. The van der Waals surface area contributed by atoms with Crippen molar-refractivity contribution >= 4 is 0 Å². The van der Waals surface area contributed by atoms with E-state index in [1.165, 1.54) is 0 Å². The number of nitrogens with one attached hydrogen (secondary N) is 1. The van der Waals surface area contributed by atoms with Crippen LogP contribution >= 0.6 is 0 Å². The number of phenols is 1. The number of rotatable bonds is 5. The van der Waals surface area contributed by atoms with Crippen LogP contribution in [0.5, 0.6) is 5.75 Å². The first-order valence-corrected chi connectivity index (χ1v) is 6.09. The molecule has 0 aliphatic carbocycles. The van der Waals surface area contributed by atoms with E-state index in [-0.39, 0.29) is 18.6 Å². The molecule has 0 aliphatic rings. The predicted octanol–water partition coefficient (Wildman–Crippen LogP) is 2.12. The molecular formula is C14H23NO2. The fourth-order valence-electron chi connectivity index (χ4n) is 1.79. The Labute approximate surface area is 103 Å². The van der Waals surface area contributed by atoms with Crippen LogP contribution in [-0.4, -0.2) is 22.9 Å². The number of hydrogen-bond donors (Lipinski definition) is 3. The average Bonchev–Trinajstić information content (AvgIpc) is 2.31. The number of aromatic hydroxyl groups is 1. The van der Waals surface area contributed by atoms with Crippen LogP contribution < -0.4 is 5.32 Å². The molecule has 0 saturated carbocycles. The van der Waals surface area contributed by atoms with Gasteiger partial charge in [0.2, 0.25) is 0 Å². The van der Waals surface area contributed by atoms with Gasteiger partial charge in [-0.25, -0.2) is 0 Å². The lowest BCUT2D eigenvalue weighted by molar-refractivity contribution is 0.207. The summed E-state index contributed by atoms with van der Waals surface area (Å²) >= 11 is 0. The third kappa shape index (κ3) is 3.72. The highest BCUT2D eigenvalue weighted by atomic mass is 16.3. The van der Waals surface area contributed by atoms with Crippen LogP contribution in [0.2, 0.25) is 0 Å². The highest BCUT2D eigenvalue weighted by Gasteiger charge is 2.10. The van der Waals surface area contributed by atoms with Gasteiger partial charge >= 0.3 is 0 Å². The van der Waals surface area contributed by atoms with Crippen LogP contribution in [0, 0.1) is 19.8 Å². The molecule has 0 bridgehead atoms. The van der Waals surface area contributed by atoms with Gasteiger partial charge in [0, 0.05) is 19.2 Å². The van der Waals surface area contributed by atoms with Crippen molar-refractivity contribution in [3.8, 4) is 5.75 Å². The van der Waals surface area contributed by atoms with E-state index in [2.05, 4.69) is 12.2 Å². The van der Waals surface area contributed by atoms with Crippen LogP contribution in [0.15, 0.2) is 12.1 Å². The quantitative estimate of drug-likeness (QED) is 0.735. The van der Waals surface area contributed by atoms with Crippen LogP contribution in [0.3, 0.4) is 0 Å². The highest BCUT2D eigenvalue weighted by Crippen LogP contribution is 2.22. The van der Waals surface area contributed by atoms with Crippen molar-refractivity contribution in [3.63, 3.8) is 0 Å². The summed E-state index contributed by atoms with van der Waals surface area (Å²) < 4.78 is 0. The van der Waals surface area contributed by atoms with Crippen molar-refractivity contribution in [2.24, 2.45) is 5.92 Å². The molecule has 3 heteroatoms. The Morgan fingerprint density at radius 2 is 1.71 bits per heavy atom. The predicted molar refractivity (Wildman–Crippen MR) is 70.1 cm³/mol. The smallest absolute Gasteiger partial charge is 0.121 e. The minimum Gasteiger partial charge on any atom is -0.507 e. The Morgan fingerprint density at radius 1 is 1.18 bits per heavy atom. The summed E-state index contributed by atoms with van der Waals surface area (Å²) in [5.74, 6) is 0.625. The number of phenolic OH excluding ortho intramolecular Hbond substituents is 1. The second-order valence-corrected chi connectivity index (χ2v) is 4.91. The first-order chi connectivity index (χ1) is 7.95. The lowest BCUT2D eigenvalue weighted by atomic mass is 10.0. The average molecular weight is 237 g/mol. The Morgan fingerprint density at radius 3 is 2.18 bits per heavy atom. The third-order valence-electron chi connectivity index (χ3n) is 3.32. The van der Waals surface area contributed by atoms with E-state index >= 15 is 0 Å². The molecule has 0 saturated heterocycles. The molecule has 0 spiro atoms. The molecule has 1 rings (SSSR count). The molecular weight excluding hydrogens is 214 g/mol. The summed E-state index contributed by atoms with van der Waals surface area (Å²) in [6.45, 7) is 8.86. The van der Waals surface area contributed by atoms with Gasteiger partial charge in [-0.05, 0) is 43.4 Å². The highest BCUT2D eigenvalue weighted by molar-refractivity contribution is 5.42. The Bertz CT molecular complexity index is 353. The molecule has 0 fully saturated rings. The summed E-state index contributed by atoms with van der Waals surface area (Å²) in [5, 5.41) is 22.1. The largest absolute Gasteiger partial charge is 0.507 e. The van der Waals surface area contributed by atoms with Gasteiger partial charge in [0.25, 0.3) is 0 Å². The fourth-order valence-corrected chi connectivity index (χ4v) is 1.79. The summed E-state index contributed by atoms with van der Waals surface area (Å²) in [6.07, 6.45) is 0. The maximum Gasteiger partial charge on any atom is 0.121 e. The molecule has 2 unspecified atom stereocenters. The number of benzene rings is 1. The maximum atomic E-state index is 9.68. The topological polar surface area (TPSA) is 52.5 Å². The molecule has 0 radical (unpaired) electrons. The van der Waals surface area contributed by atoms with Gasteiger partial charge in [0.15, 0.2) is 0 Å². The molecule has 0 aromatic heterocycles. The Balaban J connectivity index is 2.64. The molecule has 2 atom stereocenters. The molecule has 17 heavy (non-hydrogen) atoms. The van der Waals surface area contributed by atoms with Gasteiger partial charge in [0.05, 0.1) is 0 Å². The van der Waals surface area contributed by atoms with Crippen LogP contribution in [0.4, 0.5) is 0 Å². The summed E-state index contributed by atoms with van der Waals surface area (Å²) in [4.78, 5) is 0. The molecule has 96 valence electrons. The van der Waals surface area contributed by atoms with E-state index in [0.29, 0.717) is 5.75 Å². The van der Waals surface area contributed by atoms with Crippen molar-refractivity contribution in [3.05, 3.63) is 28.8 Å². The van der Waals surface area contributed by atoms with E-state index in [1.54, 1.807) is 0 Å². The van der Waals surface area contributed by atoms with E-state index < -0.39 is 0 Å². The van der Waals surface area contributed by atoms with Gasteiger partial charge in [-0.2, -0.15) is 0 Å². The molecule has 1 aromatic rings. The van der Waals surface area contributed by atoms with E-state index in [4.69, 9.17) is 5.11 Å². The van der Waals surface area contributed by atoms with Crippen molar-refractivity contribution < 1.29 is 10.2 Å². The van der Waals surface area contributed by atoms with Gasteiger partial charge in [-0.3, -0.25) is 0 Å². The van der Waals surface area contributed by atoms with E-state index in [0.717, 1.165) is 23.2 Å². The Hall–Kier alpha value is -1.06. The summed E-state index contributed by atoms with van der Waals surface area (Å²) in [5.41, 5.74) is 2.98. The molecule has 3 N–H and O–H groups in total. The van der Waals surface area contributed by atoms with E-state index in [1.807, 2.05) is 32.9 Å². The molecule has 0 heterocycles. The van der Waals surface area contributed by atoms with Gasteiger partial charge in [-0.1, -0.05) is 19.1 Å². The summed E-state index contributed by atoms with van der Waals surface area (Å²) in [7, 11) is 0. The first kappa shape index (κ1) is 14.0. The molecule has 1 aromatic carbocycles. The van der Waals surface area contributed by atoms with Crippen molar-refractivity contribution in [1.29, 1.82) is 0 Å². The third-order valence-corrected chi connectivity index (χ3v) is 3.32. The van der Waals surface area contributed by atoms with Gasteiger partial charge in [0.1, 0.15) is 5.75 Å². The normalized spacial score (nSPS) is 14.6. The lowest BCUT2D eigenvalue weighted by Crippen LogP contribution is -2.33. The van der Waals surface area contributed by atoms with Crippen molar-refractivity contribution in [2.75, 3.05) is 6.61 Å². The summed E-state index contributed by atoms with van der Waals surface area (Å²) in [6, 6.07) is 4.26. The zero-order valence-corrected chi connectivity index (χ0v) is 11.1.